The third kappa shape index (κ3) is 2.58. The highest BCUT2D eigenvalue weighted by Crippen LogP contribution is 2.24. The fraction of sp³-hybridized carbons (Fsp3) is 0.375. The molecule has 3 rings (SSSR count). The number of benzene rings is 1. The first-order valence-corrected chi connectivity index (χ1v) is 8.32. The molecule has 4 nitrogen and oxygen atoms in total. The molecule has 5 heteroatoms. The van der Waals surface area contributed by atoms with Gasteiger partial charge in [0.05, 0.1) is 10.3 Å². The molecule has 21 heavy (non-hydrogen) atoms. The van der Waals surface area contributed by atoms with Crippen molar-refractivity contribution in [2.45, 2.75) is 18.6 Å². The first-order chi connectivity index (χ1) is 9.99. The van der Waals surface area contributed by atoms with E-state index in [0.717, 1.165) is 10.9 Å². The lowest BCUT2D eigenvalue weighted by molar-refractivity contribution is 0.0748. The van der Waals surface area contributed by atoms with Gasteiger partial charge >= 0.3 is 0 Å². The number of carbonyl (C=O) groups is 1. The number of nitrogens with zero attached hydrogens (tertiary/aromatic N) is 2. The molecule has 0 spiro atoms. The van der Waals surface area contributed by atoms with Crippen LogP contribution in [0.2, 0.25) is 0 Å². The molecule has 1 amide bonds. The lowest BCUT2D eigenvalue weighted by Gasteiger charge is -2.37. The van der Waals surface area contributed by atoms with E-state index in [9.17, 15) is 9.00 Å². The minimum absolute atomic E-state index is 0.00150. The van der Waals surface area contributed by atoms with Gasteiger partial charge in [0, 0.05) is 46.8 Å². The van der Waals surface area contributed by atoms with E-state index < -0.39 is 10.8 Å². The Morgan fingerprint density at radius 1 is 1.29 bits per heavy atom. The molecule has 1 atom stereocenters. The molecule has 1 aliphatic rings. The SMILES string of the molecule is CC1(C)CN(C(=O)c2cccc3ncccc23)CCS1=O. The van der Waals surface area contributed by atoms with Crippen molar-refractivity contribution in [3.05, 3.63) is 42.1 Å². The van der Waals surface area contributed by atoms with Crippen molar-refractivity contribution < 1.29 is 9.00 Å². The van der Waals surface area contributed by atoms with Crippen molar-refractivity contribution in [2.24, 2.45) is 0 Å². The Kier molecular flexibility index (Phi) is 3.53. The van der Waals surface area contributed by atoms with E-state index in [2.05, 4.69) is 4.98 Å². The van der Waals surface area contributed by atoms with E-state index in [1.54, 1.807) is 6.20 Å². The normalized spacial score (nSPS) is 21.4. The van der Waals surface area contributed by atoms with Gasteiger partial charge in [-0.1, -0.05) is 12.1 Å². The van der Waals surface area contributed by atoms with Gasteiger partial charge < -0.3 is 4.90 Å². The van der Waals surface area contributed by atoms with E-state index in [0.29, 0.717) is 24.4 Å². The van der Waals surface area contributed by atoms with Gasteiger partial charge in [-0.25, -0.2) is 0 Å². The molecule has 0 N–H and O–H groups in total. The monoisotopic (exact) mass is 302 g/mol. The molecule has 1 aromatic heterocycles. The fourth-order valence-corrected chi connectivity index (χ4v) is 3.95. The van der Waals surface area contributed by atoms with Crippen molar-refractivity contribution in [1.29, 1.82) is 0 Å². The zero-order chi connectivity index (χ0) is 15.0. The molecule has 2 heterocycles. The third-order valence-corrected chi connectivity index (χ3v) is 5.81. The number of aromatic nitrogens is 1. The zero-order valence-electron chi connectivity index (χ0n) is 12.2. The Hall–Kier alpha value is -1.75. The maximum Gasteiger partial charge on any atom is 0.254 e. The van der Waals surface area contributed by atoms with Crippen LogP contribution < -0.4 is 0 Å². The highest BCUT2D eigenvalue weighted by molar-refractivity contribution is 7.86. The number of fused-ring (bicyclic) bond motifs is 1. The van der Waals surface area contributed by atoms with Crippen LogP contribution in [0, 0.1) is 0 Å². The summed E-state index contributed by atoms with van der Waals surface area (Å²) in [6.45, 7) is 4.97. The topological polar surface area (TPSA) is 50.3 Å². The Labute approximate surface area is 126 Å². The quantitative estimate of drug-likeness (QED) is 0.811. The van der Waals surface area contributed by atoms with Crippen molar-refractivity contribution in [1.82, 2.24) is 9.88 Å². The number of pyridine rings is 1. The second-order valence-corrected chi connectivity index (χ2v) is 8.12. The fourth-order valence-electron chi connectivity index (χ4n) is 2.71. The molecule has 1 saturated heterocycles. The Morgan fingerprint density at radius 3 is 2.86 bits per heavy atom. The van der Waals surface area contributed by atoms with Gasteiger partial charge in [0.2, 0.25) is 0 Å². The Morgan fingerprint density at radius 2 is 2.10 bits per heavy atom. The van der Waals surface area contributed by atoms with Crippen LogP contribution in [0.3, 0.4) is 0 Å². The molecule has 0 bridgehead atoms. The number of hydrogen-bond donors (Lipinski definition) is 0. The minimum Gasteiger partial charge on any atom is -0.336 e. The molecular weight excluding hydrogens is 284 g/mol. The van der Waals surface area contributed by atoms with Crippen LogP contribution in [0.4, 0.5) is 0 Å². The smallest absolute Gasteiger partial charge is 0.254 e. The molecule has 0 aliphatic carbocycles. The molecule has 1 unspecified atom stereocenters. The van der Waals surface area contributed by atoms with Crippen molar-refractivity contribution in [3.8, 4) is 0 Å². The van der Waals surface area contributed by atoms with E-state index in [1.807, 2.05) is 49.1 Å². The van der Waals surface area contributed by atoms with E-state index in [-0.39, 0.29) is 10.7 Å². The first-order valence-electron chi connectivity index (χ1n) is 7.00. The summed E-state index contributed by atoms with van der Waals surface area (Å²) in [6, 6.07) is 9.36. The molecule has 1 aromatic carbocycles. The second kappa shape index (κ2) is 5.22. The summed E-state index contributed by atoms with van der Waals surface area (Å²) in [5, 5.41) is 0.870. The molecule has 0 saturated carbocycles. The van der Waals surface area contributed by atoms with Crippen LogP contribution >= 0.6 is 0 Å². The van der Waals surface area contributed by atoms with Crippen molar-refractivity contribution in [3.63, 3.8) is 0 Å². The van der Waals surface area contributed by atoms with E-state index in [1.165, 1.54) is 0 Å². The predicted octanol–water partition coefficient (Wildman–Crippen LogP) is 2.22. The third-order valence-electron chi connectivity index (χ3n) is 3.90. The first kappa shape index (κ1) is 14.2. The van der Waals surface area contributed by atoms with Crippen LogP contribution in [0.5, 0.6) is 0 Å². The predicted molar refractivity (Wildman–Crippen MR) is 84.7 cm³/mol. The van der Waals surface area contributed by atoms with Crippen molar-refractivity contribution in [2.75, 3.05) is 18.8 Å². The summed E-state index contributed by atoms with van der Waals surface area (Å²) < 4.78 is 11.6. The maximum atomic E-state index is 12.8. The Balaban J connectivity index is 1.96. The highest BCUT2D eigenvalue weighted by Gasteiger charge is 2.35. The lowest BCUT2D eigenvalue weighted by Crippen LogP contribution is -2.52. The number of hydrogen-bond acceptors (Lipinski definition) is 3. The van der Waals surface area contributed by atoms with E-state index in [4.69, 9.17) is 0 Å². The van der Waals surface area contributed by atoms with Gasteiger partial charge in [0.25, 0.3) is 5.91 Å². The number of amides is 1. The largest absolute Gasteiger partial charge is 0.336 e. The van der Waals surface area contributed by atoms with Gasteiger partial charge in [0.1, 0.15) is 0 Å². The average molecular weight is 302 g/mol. The van der Waals surface area contributed by atoms with Crippen LogP contribution in [0.15, 0.2) is 36.5 Å². The molecule has 1 aliphatic heterocycles. The zero-order valence-corrected chi connectivity index (χ0v) is 13.0. The maximum absolute atomic E-state index is 12.8. The summed E-state index contributed by atoms with van der Waals surface area (Å²) in [4.78, 5) is 18.9. The minimum atomic E-state index is -0.878. The number of carbonyl (C=O) groups excluding carboxylic acids is 1. The Bertz CT molecular complexity index is 722. The summed E-state index contributed by atoms with van der Waals surface area (Å²) in [7, 11) is -0.878. The van der Waals surface area contributed by atoms with Crippen molar-refractivity contribution >= 4 is 27.6 Å². The summed E-state index contributed by atoms with van der Waals surface area (Å²) in [6.07, 6.45) is 1.73. The standard InChI is InChI=1S/C16H18N2O2S/c1-16(2)11-18(9-10-21(16)20)15(19)13-5-3-7-14-12(13)6-4-8-17-14/h3-8H,9-11H2,1-2H3. The summed E-state index contributed by atoms with van der Waals surface area (Å²) in [5.41, 5.74) is 1.49. The summed E-state index contributed by atoms with van der Waals surface area (Å²) >= 11 is 0. The lowest BCUT2D eigenvalue weighted by atomic mass is 10.1. The van der Waals surface area contributed by atoms with Crippen LogP contribution in [0.25, 0.3) is 10.9 Å². The van der Waals surface area contributed by atoms with Crippen LogP contribution in [-0.2, 0) is 10.8 Å². The average Bonchev–Trinajstić information content (AvgIpc) is 2.48. The van der Waals surface area contributed by atoms with Gasteiger partial charge in [-0.15, -0.1) is 0 Å². The molecular formula is C16H18N2O2S. The van der Waals surface area contributed by atoms with Gasteiger partial charge in [-0.2, -0.15) is 0 Å². The molecule has 1 fully saturated rings. The molecule has 2 aromatic rings. The summed E-state index contributed by atoms with van der Waals surface area (Å²) in [5.74, 6) is 0.542. The van der Waals surface area contributed by atoms with Gasteiger partial charge in [-0.3, -0.25) is 14.0 Å². The van der Waals surface area contributed by atoms with Crippen LogP contribution in [0.1, 0.15) is 24.2 Å². The number of rotatable bonds is 1. The highest BCUT2D eigenvalue weighted by atomic mass is 32.2. The molecule has 0 radical (unpaired) electrons. The van der Waals surface area contributed by atoms with E-state index >= 15 is 0 Å². The molecule has 110 valence electrons. The van der Waals surface area contributed by atoms with Gasteiger partial charge in [0.15, 0.2) is 0 Å². The van der Waals surface area contributed by atoms with Gasteiger partial charge in [-0.05, 0) is 32.0 Å². The van der Waals surface area contributed by atoms with Crippen LogP contribution in [-0.4, -0.2) is 43.6 Å². The second-order valence-electron chi connectivity index (χ2n) is 5.91.